The zero-order valence-corrected chi connectivity index (χ0v) is 8.28. The molecule has 2 heterocycles. The maximum atomic E-state index is 4.16. The predicted molar refractivity (Wildman–Crippen MR) is 54.0 cm³/mol. The Morgan fingerprint density at radius 3 is 2.69 bits per heavy atom. The van der Waals surface area contributed by atoms with Crippen molar-refractivity contribution in [2.45, 2.75) is 26.7 Å². The Kier molecular flexibility index (Phi) is 1.83. The van der Waals surface area contributed by atoms with Gasteiger partial charge in [0.15, 0.2) is 0 Å². The average molecular weight is 174 g/mol. The molecule has 0 unspecified atom stereocenters. The predicted octanol–water partition coefficient (Wildman–Crippen LogP) is 2.77. The molecule has 2 rings (SSSR count). The Balaban J connectivity index is 2.79. The van der Waals surface area contributed by atoms with Crippen molar-refractivity contribution in [1.29, 1.82) is 0 Å². The van der Waals surface area contributed by atoms with E-state index in [1.807, 2.05) is 12.4 Å². The zero-order valence-electron chi connectivity index (χ0n) is 8.28. The quantitative estimate of drug-likeness (QED) is 0.649. The van der Waals surface area contributed by atoms with E-state index in [1.165, 1.54) is 16.9 Å². The van der Waals surface area contributed by atoms with Crippen LogP contribution in [0.2, 0.25) is 0 Å². The van der Waals surface area contributed by atoms with Crippen LogP contribution in [0.25, 0.3) is 5.52 Å². The minimum absolute atomic E-state index is 0.559. The molecule has 0 N–H and O–H groups in total. The third-order valence-corrected chi connectivity index (χ3v) is 2.35. The minimum Gasteiger partial charge on any atom is -0.315 e. The van der Waals surface area contributed by atoms with Crippen LogP contribution in [0.15, 0.2) is 24.5 Å². The molecule has 0 bridgehead atoms. The van der Waals surface area contributed by atoms with Gasteiger partial charge in [0.05, 0.1) is 11.7 Å². The van der Waals surface area contributed by atoms with Crippen LogP contribution >= 0.6 is 0 Å². The van der Waals surface area contributed by atoms with Crippen molar-refractivity contribution in [3.63, 3.8) is 0 Å². The summed E-state index contributed by atoms with van der Waals surface area (Å²) in [4.78, 5) is 4.16. The number of nitrogens with zero attached hydrogens (tertiary/aromatic N) is 2. The first-order valence-corrected chi connectivity index (χ1v) is 4.62. The van der Waals surface area contributed by atoms with Gasteiger partial charge in [-0.3, -0.25) is 4.98 Å². The van der Waals surface area contributed by atoms with E-state index in [0.717, 1.165) is 0 Å². The van der Waals surface area contributed by atoms with Gasteiger partial charge < -0.3 is 4.40 Å². The Labute approximate surface area is 78.2 Å². The van der Waals surface area contributed by atoms with Crippen molar-refractivity contribution < 1.29 is 0 Å². The lowest BCUT2D eigenvalue weighted by Crippen LogP contribution is -1.98. The topological polar surface area (TPSA) is 17.3 Å². The molecule has 0 saturated carbocycles. The van der Waals surface area contributed by atoms with E-state index >= 15 is 0 Å². The molecule has 0 amide bonds. The fourth-order valence-electron chi connectivity index (χ4n) is 1.71. The van der Waals surface area contributed by atoms with Crippen molar-refractivity contribution in [3.8, 4) is 0 Å². The SMILES string of the molecule is Cc1cncc2ccc(C(C)C)n12. The largest absolute Gasteiger partial charge is 0.315 e. The second-order valence-corrected chi connectivity index (χ2v) is 3.72. The van der Waals surface area contributed by atoms with E-state index in [9.17, 15) is 0 Å². The van der Waals surface area contributed by atoms with Crippen LogP contribution in [0.3, 0.4) is 0 Å². The maximum Gasteiger partial charge on any atom is 0.0639 e. The van der Waals surface area contributed by atoms with Gasteiger partial charge in [-0.15, -0.1) is 0 Å². The van der Waals surface area contributed by atoms with Gasteiger partial charge >= 0.3 is 0 Å². The van der Waals surface area contributed by atoms with Gasteiger partial charge in [-0.2, -0.15) is 0 Å². The summed E-state index contributed by atoms with van der Waals surface area (Å²) in [6, 6.07) is 4.30. The van der Waals surface area contributed by atoms with E-state index in [0.29, 0.717) is 5.92 Å². The van der Waals surface area contributed by atoms with Crippen molar-refractivity contribution in [2.75, 3.05) is 0 Å². The number of aryl methyl sites for hydroxylation is 1. The molecular formula is C11H14N2. The monoisotopic (exact) mass is 174 g/mol. The van der Waals surface area contributed by atoms with Crippen LogP contribution in [0, 0.1) is 6.92 Å². The van der Waals surface area contributed by atoms with Crippen LogP contribution in [0.1, 0.15) is 31.2 Å². The summed E-state index contributed by atoms with van der Waals surface area (Å²) < 4.78 is 2.26. The summed E-state index contributed by atoms with van der Waals surface area (Å²) in [5, 5.41) is 0. The number of hydrogen-bond donors (Lipinski definition) is 0. The molecule has 0 aliphatic carbocycles. The molecule has 2 aromatic heterocycles. The Morgan fingerprint density at radius 1 is 1.23 bits per heavy atom. The molecule has 13 heavy (non-hydrogen) atoms. The summed E-state index contributed by atoms with van der Waals surface area (Å²) >= 11 is 0. The third-order valence-electron chi connectivity index (χ3n) is 2.35. The highest BCUT2D eigenvalue weighted by Crippen LogP contribution is 2.19. The highest BCUT2D eigenvalue weighted by molar-refractivity contribution is 5.49. The van der Waals surface area contributed by atoms with Gasteiger partial charge in [0.2, 0.25) is 0 Å². The van der Waals surface area contributed by atoms with Crippen LogP contribution in [-0.2, 0) is 0 Å². The maximum absolute atomic E-state index is 4.16. The second-order valence-electron chi connectivity index (χ2n) is 3.72. The molecule has 0 fully saturated rings. The van der Waals surface area contributed by atoms with Crippen LogP contribution < -0.4 is 0 Å². The lowest BCUT2D eigenvalue weighted by Gasteiger charge is -2.08. The smallest absolute Gasteiger partial charge is 0.0639 e. The van der Waals surface area contributed by atoms with Crippen molar-refractivity contribution in [1.82, 2.24) is 9.38 Å². The number of hydrogen-bond acceptors (Lipinski definition) is 1. The number of rotatable bonds is 1. The fraction of sp³-hybridized carbons (Fsp3) is 0.364. The normalized spacial score (nSPS) is 11.4. The molecule has 68 valence electrons. The van der Waals surface area contributed by atoms with Gasteiger partial charge in [-0.05, 0) is 25.0 Å². The lowest BCUT2D eigenvalue weighted by molar-refractivity contribution is 0.796. The summed E-state index contributed by atoms with van der Waals surface area (Å²) in [6.45, 7) is 6.51. The Bertz CT molecular complexity index is 427. The van der Waals surface area contributed by atoms with E-state index in [4.69, 9.17) is 0 Å². The fourth-order valence-corrected chi connectivity index (χ4v) is 1.71. The molecule has 0 aliphatic rings. The average Bonchev–Trinajstić information content (AvgIpc) is 2.49. The molecule has 0 aromatic carbocycles. The highest BCUT2D eigenvalue weighted by atomic mass is 14.9. The molecule has 2 aromatic rings. The lowest BCUT2D eigenvalue weighted by atomic mass is 10.1. The molecule has 2 nitrogen and oxygen atoms in total. The number of aromatic nitrogens is 2. The zero-order chi connectivity index (χ0) is 9.42. The summed E-state index contributed by atoms with van der Waals surface area (Å²) in [5.74, 6) is 0.559. The van der Waals surface area contributed by atoms with Gasteiger partial charge in [-0.25, -0.2) is 0 Å². The van der Waals surface area contributed by atoms with Crippen LogP contribution in [0.4, 0.5) is 0 Å². The molecule has 0 atom stereocenters. The van der Waals surface area contributed by atoms with Gasteiger partial charge in [0.25, 0.3) is 0 Å². The van der Waals surface area contributed by atoms with Gasteiger partial charge in [-0.1, -0.05) is 13.8 Å². The van der Waals surface area contributed by atoms with E-state index in [2.05, 4.69) is 42.3 Å². The summed E-state index contributed by atoms with van der Waals surface area (Å²) in [7, 11) is 0. The molecule has 0 saturated heterocycles. The van der Waals surface area contributed by atoms with Crippen LogP contribution in [-0.4, -0.2) is 9.38 Å². The van der Waals surface area contributed by atoms with E-state index in [-0.39, 0.29) is 0 Å². The summed E-state index contributed by atoms with van der Waals surface area (Å²) in [5.41, 5.74) is 3.74. The van der Waals surface area contributed by atoms with Crippen molar-refractivity contribution >= 4 is 5.52 Å². The molecule has 0 aliphatic heterocycles. The van der Waals surface area contributed by atoms with E-state index < -0.39 is 0 Å². The molecule has 0 spiro atoms. The van der Waals surface area contributed by atoms with Crippen molar-refractivity contribution in [2.24, 2.45) is 0 Å². The molecular weight excluding hydrogens is 160 g/mol. The number of fused-ring (bicyclic) bond motifs is 1. The minimum atomic E-state index is 0.559. The van der Waals surface area contributed by atoms with Crippen molar-refractivity contribution in [3.05, 3.63) is 35.9 Å². The van der Waals surface area contributed by atoms with E-state index in [1.54, 1.807) is 0 Å². The highest BCUT2D eigenvalue weighted by Gasteiger charge is 2.06. The standard InChI is InChI=1S/C11H14N2/c1-8(2)11-5-4-10-7-12-6-9(3)13(10)11/h4-8H,1-3H3. The first-order chi connectivity index (χ1) is 6.20. The first kappa shape index (κ1) is 8.30. The van der Waals surface area contributed by atoms with Crippen LogP contribution in [0.5, 0.6) is 0 Å². The summed E-state index contributed by atoms with van der Waals surface area (Å²) in [6.07, 6.45) is 3.80. The van der Waals surface area contributed by atoms with Gasteiger partial charge in [0, 0.05) is 17.6 Å². The Morgan fingerprint density at radius 2 is 2.00 bits per heavy atom. The Hall–Kier alpha value is -1.31. The molecule has 2 heteroatoms. The third kappa shape index (κ3) is 1.22. The second kappa shape index (κ2) is 2.87. The molecule has 0 radical (unpaired) electrons. The first-order valence-electron chi connectivity index (χ1n) is 4.62. The van der Waals surface area contributed by atoms with Gasteiger partial charge in [0.1, 0.15) is 0 Å².